The van der Waals surface area contributed by atoms with E-state index in [0.29, 0.717) is 33.0 Å². The van der Waals surface area contributed by atoms with Crippen molar-refractivity contribution in [3.8, 4) is 16.9 Å². The lowest BCUT2D eigenvalue weighted by atomic mass is 10.0. The highest BCUT2D eigenvalue weighted by molar-refractivity contribution is 6.35. The van der Waals surface area contributed by atoms with Crippen molar-refractivity contribution in [2.45, 2.75) is 38.3 Å². The van der Waals surface area contributed by atoms with E-state index >= 15 is 0 Å². The second kappa shape index (κ2) is 11.1. The van der Waals surface area contributed by atoms with Gasteiger partial charge in [0.1, 0.15) is 6.61 Å². The van der Waals surface area contributed by atoms with Gasteiger partial charge in [-0.1, -0.05) is 41.4 Å². The molecule has 0 spiro atoms. The van der Waals surface area contributed by atoms with Gasteiger partial charge >= 0.3 is 0 Å². The average molecular weight is 525 g/mol. The molecule has 0 bridgehead atoms. The maximum atomic E-state index is 13.3. The molecule has 1 amide bonds. The molecule has 188 valence electrons. The monoisotopic (exact) mass is 524 g/mol. The Morgan fingerprint density at radius 2 is 1.72 bits per heavy atom. The van der Waals surface area contributed by atoms with Crippen LogP contribution in [-0.2, 0) is 6.61 Å². The first kappa shape index (κ1) is 24.9. The summed E-state index contributed by atoms with van der Waals surface area (Å²) in [7, 11) is 0. The molecule has 2 fully saturated rings. The van der Waals surface area contributed by atoms with E-state index < -0.39 is 0 Å². The van der Waals surface area contributed by atoms with Crippen molar-refractivity contribution in [3.05, 3.63) is 75.9 Å². The number of pyridine rings is 1. The van der Waals surface area contributed by atoms with Gasteiger partial charge < -0.3 is 20.3 Å². The molecule has 2 aliphatic heterocycles. The van der Waals surface area contributed by atoms with Gasteiger partial charge in [-0.2, -0.15) is 0 Å². The Balaban J connectivity index is 1.28. The molecule has 3 aromatic rings. The number of nitrogen functional groups attached to an aromatic ring is 1. The quantitative estimate of drug-likeness (QED) is 0.415. The molecule has 2 aliphatic rings. The molecule has 6 nitrogen and oxygen atoms in total. The number of carbonyl (C=O) groups is 1. The Hall–Kier alpha value is -2.80. The molecule has 1 aromatic heterocycles. The number of carbonyl (C=O) groups excluding carboxylic acids is 1. The fraction of sp³-hybridized carbons (Fsp3) is 0.357. The molecule has 3 heterocycles. The van der Waals surface area contributed by atoms with Gasteiger partial charge in [-0.25, -0.2) is 4.98 Å². The van der Waals surface area contributed by atoms with Crippen molar-refractivity contribution in [3.63, 3.8) is 0 Å². The van der Waals surface area contributed by atoms with Crippen molar-refractivity contribution in [1.82, 2.24) is 14.8 Å². The summed E-state index contributed by atoms with van der Waals surface area (Å²) in [5.74, 6) is 0.844. The Labute approximate surface area is 222 Å². The Morgan fingerprint density at radius 1 is 1.00 bits per heavy atom. The number of anilines is 1. The van der Waals surface area contributed by atoms with Crippen LogP contribution in [0.4, 0.5) is 5.82 Å². The SMILES string of the molecule is Nc1ncc(-c2ccc(C(=O)N3CCC[C@H]3CN3CCCC3)cc2)cc1OCc1c(Cl)cccc1Cl. The standard InChI is InChI=1S/C28H30Cl2N4O2/c29-24-6-3-7-25(30)23(24)18-36-26-15-21(16-32-27(26)31)19-8-10-20(11-9-19)28(35)34-14-4-5-22(34)17-33-12-1-2-13-33/h3,6-11,15-16,22H,1-2,4-5,12-14,17-18H2,(H2,31,32)/t22-/m0/s1. The molecule has 0 radical (unpaired) electrons. The largest absolute Gasteiger partial charge is 0.485 e. The molecule has 36 heavy (non-hydrogen) atoms. The number of nitrogens with zero attached hydrogens (tertiary/aromatic N) is 3. The normalized spacial score (nSPS) is 18.1. The van der Waals surface area contributed by atoms with Crippen molar-refractivity contribution < 1.29 is 9.53 Å². The van der Waals surface area contributed by atoms with Crippen LogP contribution in [-0.4, -0.2) is 52.9 Å². The molecular formula is C28H30Cl2N4O2. The van der Waals surface area contributed by atoms with Crippen LogP contribution < -0.4 is 10.5 Å². The number of halogens is 2. The zero-order chi connectivity index (χ0) is 25.1. The summed E-state index contributed by atoms with van der Waals surface area (Å²) in [6.07, 6.45) is 6.39. The maximum absolute atomic E-state index is 13.3. The fourth-order valence-electron chi connectivity index (χ4n) is 5.08. The number of ether oxygens (including phenoxy) is 1. The second-order valence-electron chi connectivity index (χ2n) is 9.48. The lowest BCUT2D eigenvalue weighted by Gasteiger charge is -2.28. The van der Waals surface area contributed by atoms with E-state index in [9.17, 15) is 4.79 Å². The highest BCUT2D eigenvalue weighted by atomic mass is 35.5. The summed E-state index contributed by atoms with van der Waals surface area (Å²) >= 11 is 12.5. The Bertz CT molecular complexity index is 1210. The molecule has 2 aromatic carbocycles. The van der Waals surface area contributed by atoms with E-state index in [0.717, 1.165) is 50.1 Å². The summed E-state index contributed by atoms with van der Waals surface area (Å²) in [5, 5.41) is 1.07. The van der Waals surface area contributed by atoms with Gasteiger partial charge in [0.25, 0.3) is 5.91 Å². The average Bonchev–Trinajstić information content (AvgIpc) is 3.57. The minimum absolute atomic E-state index is 0.110. The first-order valence-corrected chi connectivity index (χ1v) is 13.2. The summed E-state index contributed by atoms with van der Waals surface area (Å²) < 4.78 is 5.92. The molecule has 5 rings (SSSR count). The topological polar surface area (TPSA) is 71.7 Å². The second-order valence-corrected chi connectivity index (χ2v) is 10.3. The number of aromatic nitrogens is 1. The van der Waals surface area contributed by atoms with Crippen molar-refractivity contribution in [2.75, 3.05) is 31.9 Å². The smallest absolute Gasteiger partial charge is 0.254 e. The zero-order valence-electron chi connectivity index (χ0n) is 20.1. The first-order chi connectivity index (χ1) is 17.5. The number of rotatable bonds is 7. The number of hydrogen-bond donors (Lipinski definition) is 1. The Morgan fingerprint density at radius 3 is 2.44 bits per heavy atom. The minimum atomic E-state index is 0.110. The molecule has 2 saturated heterocycles. The first-order valence-electron chi connectivity index (χ1n) is 12.4. The van der Waals surface area contributed by atoms with Crippen LogP contribution in [0.2, 0.25) is 10.0 Å². The van der Waals surface area contributed by atoms with E-state index in [1.165, 1.54) is 12.8 Å². The van der Waals surface area contributed by atoms with E-state index in [2.05, 4.69) is 14.8 Å². The molecule has 0 unspecified atom stereocenters. The summed E-state index contributed by atoms with van der Waals surface area (Å²) in [6.45, 7) is 4.30. The predicted octanol–water partition coefficient (Wildman–Crippen LogP) is 5.92. The highest BCUT2D eigenvalue weighted by Gasteiger charge is 2.31. The summed E-state index contributed by atoms with van der Waals surface area (Å²) in [5.41, 5.74) is 9.23. The van der Waals surface area contributed by atoms with Crippen molar-refractivity contribution in [2.24, 2.45) is 0 Å². The maximum Gasteiger partial charge on any atom is 0.254 e. The van der Waals surface area contributed by atoms with Crippen molar-refractivity contribution in [1.29, 1.82) is 0 Å². The van der Waals surface area contributed by atoms with E-state index in [4.69, 9.17) is 33.7 Å². The van der Waals surface area contributed by atoms with Gasteiger partial charge in [0.2, 0.25) is 0 Å². The third-order valence-corrected chi connectivity index (χ3v) is 7.79. The van der Waals surface area contributed by atoms with E-state index in [1.807, 2.05) is 30.3 Å². The predicted molar refractivity (Wildman–Crippen MR) is 145 cm³/mol. The highest BCUT2D eigenvalue weighted by Crippen LogP contribution is 2.31. The molecular weight excluding hydrogens is 495 g/mol. The minimum Gasteiger partial charge on any atom is -0.485 e. The van der Waals surface area contributed by atoms with Gasteiger partial charge in [-0.15, -0.1) is 0 Å². The third kappa shape index (κ3) is 5.46. The molecule has 8 heteroatoms. The molecule has 0 aliphatic carbocycles. The number of hydrogen-bond acceptors (Lipinski definition) is 5. The lowest BCUT2D eigenvalue weighted by Crippen LogP contribution is -2.42. The third-order valence-electron chi connectivity index (χ3n) is 7.09. The summed E-state index contributed by atoms with van der Waals surface area (Å²) in [6, 6.07) is 15.2. The summed E-state index contributed by atoms with van der Waals surface area (Å²) in [4.78, 5) is 22.1. The van der Waals surface area contributed by atoms with Crippen LogP contribution in [0.1, 0.15) is 41.6 Å². The van der Waals surface area contributed by atoms with Crippen LogP contribution in [0.5, 0.6) is 5.75 Å². The van der Waals surface area contributed by atoms with Crippen molar-refractivity contribution >= 4 is 34.9 Å². The molecule has 1 atom stereocenters. The van der Waals surface area contributed by atoms with E-state index in [1.54, 1.807) is 24.4 Å². The van der Waals surface area contributed by atoms with Crippen LogP contribution in [0, 0.1) is 0 Å². The van der Waals surface area contributed by atoms with Gasteiger partial charge in [-0.05, 0) is 74.7 Å². The van der Waals surface area contributed by atoms with Gasteiger partial charge in [0.15, 0.2) is 11.6 Å². The van der Waals surface area contributed by atoms with E-state index in [-0.39, 0.29) is 18.3 Å². The van der Waals surface area contributed by atoms with Crippen LogP contribution in [0.3, 0.4) is 0 Å². The van der Waals surface area contributed by atoms with Crippen LogP contribution in [0.25, 0.3) is 11.1 Å². The lowest BCUT2D eigenvalue weighted by molar-refractivity contribution is 0.0709. The number of likely N-dealkylation sites (tertiary alicyclic amines) is 2. The van der Waals surface area contributed by atoms with Crippen LogP contribution in [0.15, 0.2) is 54.7 Å². The molecule has 2 N–H and O–H groups in total. The number of amides is 1. The van der Waals surface area contributed by atoms with Gasteiger partial charge in [-0.3, -0.25) is 4.79 Å². The number of benzene rings is 2. The Kier molecular flexibility index (Phi) is 7.65. The number of nitrogens with two attached hydrogens (primary N) is 1. The van der Waals surface area contributed by atoms with Gasteiger partial charge in [0.05, 0.1) is 0 Å². The van der Waals surface area contributed by atoms with Gasteiger partial charge in [0, 0.05) is 52.1 Å². The zero-order valence-corrected chi connectivity index (χ0v) is 21.6. The molecule has 0 saturated carbocycles. The van der Waals surface area contributed by atoms with Crippen LogP contribution >= 0.6 is 23.2 Å². The fourth-order valence-corrected chi connectivity index (χ4v) is 5.58.